The number of nitrogens with zero attached hydrogens (tertiary/aromatic N) is 1. The Kier molecular flexibility index (Phi) is 4.42. The SMILES string of the molecule is NC1(CC(=O)N(Cc2cccs2)Cc2cccs2)CCC1. The van der Waals surface area contributed by atoms with Crippen LogP contribution in [0.25, 0.3) is 0 Å². The monoisotopic (exact) mass is 320 g/mol. The summed E-state index contributed by atoms with van der Waals surface area (Å²) >= 11 is 3.39. The summed E-state index contributed by atoms with van der Waals surface area (Å²) in [6.45, 7) is 1.37. The van der Waals surface area contributed by atoms with Crippen molar-refractivity contribution in [3.8, 4) is 0 Å². The minimum atomic E-state index is -0.250. The quantitative estimate of drug-likeness (QED) is 0.884. The van der Waals surface area contributed by atoms with Crippen molar-refractivity contribution in [3.05, 3.63) is 44.8 Å². The van der Waals surface area contributed by atoms with Gasteiger partial charge < -0.3 is 10.6 Å². The van der Waals surface area contributed by atoms with E-state index in [-0.39, 0.29) is 11.4 Å². The maximum absolute atomic E-state index is 12.7. The average Bonchev–Trinajstić information content (AvgIpc) is 3.09. The van der Waals surface area contributed by atoms with Crippen LogP contribution in [0.15, 0.2) is 35.0 Å². The Morgan fingerprint density at radius 2 is 1.71 bits per heavy atom. The highest BCUT2D eigenvalue weighted by Gasteiger charge is 2.36. The predicted octanol–water partition coefficient (Wildman–Crippen LogP) is 3.61. The van der Waals surface area contributed by atoms with Crippen molar-refractivity contribution in [1.82, 2.24) is 4.90 Å². The minimum absolute atomic E-state index is 0.180. The first-order valence-electron chi connectivity index (χ1n) is 7.26. The van der Waals surface area contributed by atoms with E-state index in [1.807, 2.05) is 17.0 Å². The molecule has 0 atom stereocenters. The number of hydrogen-bond donors (Lipinski definition) is 1. The summed E-state index contributed by atoms with van der Waals surface area (Å²) in [4.78, 5) is 17.1. The van der Waals surface area contributed by atoms with Crippen LogP contribution in [0.2, 0.25) is 0 Å². The second-order valence-corrected chi connectivity index (χ2v) is 7.87. The van der Waals surface area contributed by atoms with E-state index in [9.17, 15) is 4.79 Å². The normalized spacial score (nSPS) is 16.4. The molecule has 2 aromatic heterocycles. The minimum Gasteiger partial charge on any atom is -0.332 e. The Bertz CT molecular complexity index is 537. The number of rotatable bonds is 6. The fourth-order valence-electron chi connectivity index (χ4n) is 2.63. The molecule has 1 saturated carbocycles. The van der Waals surface area contributed by atoms with E-state index >= 15 is 0 Å². The number of carbonyl (C=O) groups is 1. The number of carbonyl (C=O) groups excluding carboxylic acids is 1. The second kappa shape index (κ2) is 6.30. The molecule has 3 nitrogen and oxygen atoms in total. The van der Waals surface area contributed by atoms with Crippen LogP contribution in [0.3, 0.4) is 0 Å². The lowest BCUT2D eigenvalue weighted by molar-refractivity contribution is -0.134. The molecule has 1 aliphatic rings. The van der Waals surface area contributed by atoms with Crippen molar-refractivity contribution < 1.29 is 4.79 Å². The second-order valence-electron chi connectivity index (χ2n) is 5.80. The van der Waals surface area contributed by atoms with Gasteiger partial charge >= 0.3 is 0 Å². The summed E-state index contributed by atoms with van der Waals surface area (Å²) in [5.74, 6) is 0.180. The first-order valence-corrected chi connectivity index (χ1v) is 9.02. The third kappa shape index (κ3) is 3.73. The van der Waals surface area contributed by atoms with E-state index in [0.29, 0.717) is 19.5 Å². The van der Waals surface area contributed by atoms with Crippen molar-refractivity contribution >= 4 is 28.6 Å². The standard InChI is InChI=1S/C16H20N2OS2/c17-16(6-3-7-16)10-15(19)18(11-13-4-1-8-20-13)12-14-5-2-9-21-14/h1-2,4-5,8-9H,3,6-7,10-12,17H2. The van der Waals surface area contributed by atoms with Gasteiger partial charge in [0.25, 0.3) is 0 Å². The number of amides is 1. The molecule has 2 N–H and O–H groups in total. The highest BCUT2D eigenvalue weighted by molar-refractivity contribution is 7.10. The molecule has 0 spiro atoms. The average molecular weight is 320 g/mol. The van der Waals surface area contributed by atoms with E-state index in [4.69, 9.17) is 5.73 Å². The summed E-state index contributed by atoms with van der Waals surface area (Å²) in [7, 11) is 0. The first-order chi connectivity index (χ1) is 10.1. The van der Waals surface area contributed by atoms with Gasteiger partial charge in [-0.2, -0.15) is 0 Å². The summed E-state index contributed by atoms with van der Waals surface area (Å²) in [6.07, 6.45) is 3.58. The molecule has 0 radical (unpaired) electrons. The molecule has 5 heteroatoms. The van der Waals surface area contributed by atoms with Crippen LogP contribution in [0.5, 0.6) is 0 Å². The van der Waals surface area contributed by atoms with Crippen LogP contribution in [0, 0.1) is 0 Å². The lowest BCUT2D eigenvalue weighted by Gasteiger charge is -2.39. The zero-order valence-electron chi connectivity index (χ0n) is 12.0. The maximum atomic E-state index is 12.7. The molecule has 1 aliphatic carbocycles. The first kappa shape index (κ1) is 14.8. The van der Waals surface area contributed by atoms with Crippen molar-refractivity contribution in [2.24, 2.45) is 5.73 Å². The van der Waals surface area contributed by atoms with Gasteiger partial charge in [0.2, 0.25) is 5.91 Å². The van der Waals surface area contributed by atoms with Crippen LogP contribution in [-0.4, -0.2) is 16.3 Å². The number of hydrogen-bond acceptors (Lipinski definition) is 4. The molecule has 0 bridgehead atoms. The van der Waals surface area contributed by atoms with Gasteiger partial charge in [0.05, 0.1) is 13.1 Å². The topological polar surface area (TPSA) is 46.3 Å². The Hall–Kier alpha value is -1.17. The molecule has 21 heavy (non-hydrogen) atoms. The van der Waals surface area contributed by atoms with E-state index in [2.05, 4.69) is 22.9 Å². The Balaban J connectivity index is 1.69. The van der Waals surface area contributed by atoms with Gasteiger partial charge in [-0.25, -0.2) is 0 Å². The van der Waals surface area contributed by atoms with Gasteiger partial charge in [0, 0.05) is 21.7 Å². The van der Waals surface area contributed by atoms with E-state index < -0.39 is 0 Å². The Morgan fingerprint density at radius 3 is 2.10 bits per heavy atom. The third-order valence-corrected chi connectivity index (χ3v) is 5.78. The predicted molar refractivity (Wildman–Crippen MR) is 88.3 cm³/mol. The Labute approximate surface area is 133 Å². The lowest BCUT2D eigenvalue weighted by Crippen LogP contribution is -2.50. The van der Waals surface area contributed by atoms with Crippen LogP contribution in [0.1, 0.15) is 35.4 Å². The zero-order valence-corrected chi connectivity index (χ0v) is 13.6. The zero-order chi connectivity index (χ0) is 14.7. The van der Waals surface area contributed by atoms with Gasteiger partial charge in [-0.3, -0.25) is 4.79 Å². The maximum Gasteiger partial charge on any atom is 0.225 e. The summed E-state index contributed by atoms with van der Waals surface area (Å²) < 4.78 is 0. The Morgan fingerprint density at radius 1 is 1.14 bits per heavy atom. The molecular weight excluding hydrogens is 300 g/mol. The molecule has 0 unspecified atom stereocenters. The molecule has 2 aromatic rings. The van der Waals surface area contributed by atoms with Gasteiger partial charge in [-0.05, 0) is 42.2 Å². The summed E-state index contributed by atoms with van der Waals surface area (Å²) in [5.41, 5.74) is 6.00. The van der Waals surface area contributed by atoms with Crippen LogP contribution in [0.4, 0.5) is 0 Å². The molecule has 1 amide bonds. The smallest absolute Gasteiger partial charge is 0.225 e. The van der Waals surface area contributed by atoms with Crippen LogP contribution >= 0.6 is 22.7 Å². The van der Waals surface area contributed by atoms with Crippen LogP contribution in [-0.2, 0) is 17.9 Å². The highest BCUT2D eigenvalue weighted by Crippen LogP contribution is 2.33. The summed E-state index contributed by atoms with van der Waals surface area (Å²) in [5, 5.41) is 4.11. The largest absolute Gasteiger partial charge is 0.332 e. The van der Waals surface area contributed by atoms with Crippen molar-refractivity contribution in [1.29, 1.82) is 0 Å². The molecule has 0 aliphatic heterocycles. The van der Waals surface area contributed by atoms with Crippen LogP contribution < -0.4 is 5.73 Å². The molecule has 3 rings (SSSR count). The van der Waals surface area contributed by atoms with Crippen molar-refractivity contribution in [3.63, 3.8) is 0 Å². The van der Waals surface area contributed by atoms with E-state index in [0.717, 1.165) is 19.3 Å². The van der Waals surface area contributed by atoms with Gasteiger partial charge in [0.1, 0.15) is 0 Å². The molecule has 2 heterocycles. The fourth-order valence-corrected chi connectivity index (χ4v) is 4.07. The molecule has 0 saturated heterocycles. The number of thiophene rings is 2. The highest BCUT2D eigenvalue weighted by atomic mass is 32.1. The van der Waals surface area contributed by atoms with Gasteiger partial charge in [-0.1, -0.05) is 12.1 Å². The lowest BCUT2D eigenvalue weighted by atomic mass is 9.75. The molecular formula is C16H20N2OS2. The molecule has 112 valence electrons. The number of nitrogens with two attached hydrogens (primary N) is 1. The van der Waals surface area contributed by atoms with Gasteiger partial charge in [-0.15, -0.1) is 22.7 Å². The molecule has 1 fully saturated rings. The summed E-state index contributed by atoms with van der Waals surface area (Å²) in [6, 6.07) is 8.23. The van der Waals surface area contributed by atoms with E-state index in [1.165, 1.54) is 9.75 Å². The molecule has 0 aromatic carbocycles. The van der Waals surface area contributed by atoms with Crippen molar-refractivity contribution in [2.45, 2.75) is 44.3 Å². The van der Waals surface area contributed by atoms with E-state index in [1.54, 1.807) is 22.7 Å². The third-order valence-electron chi connectivity index (χ3n) is 4.06. The van der Waals surface area contributed by atoms with Gasteiger partial charge in [0.15, 0.2) is 0 Å². The fraction of sp³-hybridized carbons (Fsp3) is 0.438. The van der Waals surface area contributed by atoms with Crippen molar-refractivity contribution in [2.75, 3.05) is 0 Å².